The van der Waals surface area contributed by atoms with Crippen LogP contribution in [0.1, 0.15) is 12.7 Å². The first kappa shape index (κ1) is 19.9. The quantitative estimate of drug-likeness (QED) is 0.302. The summed E-state index contributed by atoms with van der Waals surface area (Å²) in [6, 6.07) is 16.2. The standard InChI is InChI=1S/C20H18IN3O4/c1-13(20(26)24-22-11-17-8-9-18(21)28-17)23-19(25)12-27-16-7-6-14-4-2-3-5-15(14)10-16/h2-11,13H,12H2,1H3,(H,23,25)(H,24,26)/b22-11+. The molecule has 1 heterocycles. The third-order valence-electron chi connectivity index (χ3n) is 3.82. The summed E-state index contributed by atoms with van der Waals surface area (Å²) in [5.41, 5.74) is 2.35. The van der Waals surface area contributed by atoms with Crippen LogP contribution in [0.3, 0.4) is 0 Å². The molecule has 3 aromatic rings. The molecule has 0 bridgehead atoms. The molecule has 0 saturated heterocycles. The van der Waals surface area contributed by atoms with Crippen molar-refractivity contribution < 1.29 is 18.7 Å². The van der Waals surface area contributed by atoms with E-state index in [1.54, 1.807) is 25.1 Å². The number of nitrogens with one attached hydrogen (secondary N) is 2. The second-order valence-electron chi connectivity index (χ2n) is 5.96. The van der Waals surface area contributed by atoms with E-state index in [4.69, 9.17) is 9.15 Å². The van der Waals surface area contributed by atoms with Gasteiger partial charge in [0.05, 0.1) is 6.21 Å². The van der Waals surface area contributed by atoms with Crippen LogP contribution in [0.2, 0.25) is 0 Å². The summed E-state index contributed by atoms with van der Waals surface area (Å²) in [5, 5.41) is 8.48. The Bertz CT molecular complexity index is 1020. The maximum absolute atomic E-state index is 12.0. The van der Waals surface area contributed by atoms with Crippen molar-refractivity contribution in [1.29, 1.82) is 0 Å². The SMILES string of the molecule is CC(NC(=O)COc1ccc2ccccc2c1)C(=O)N/N=C/c1ccc(I)o1. The first-order valence-corrected chi connectivity index (χ1v) is 9.58. The second-order valence-corrected chi connectivity index (χ2v) is 7.03. The summed E-state index contributed by atoms with van der Waals surface area (Å²) in [6.07, 6.45) is 1.39. The lowest BCUT2D eigenvalue weighted by atomic mass is 10.1. The van der Waals surface area contributed by atoms with Gasteiger partial charge in [-0.25, -0.2) is 5.43 Å². The Morgan fingerprint density at radius 2 is 1.96 bits per heavy atom. The van der Waals surface area contributed by atoms with Crippen LogP contribution >= 0.6 is 22.6 Å². The van der Waals surface area contributed by atoms with Crippen molar-refractivity contribution in [2.24, 2.45) is 5.10 Å². The van der Waals surface area contributed by atoms with E-state index >= 15 is 0 Å². The Balaban J connectivity index is 1.45. The molecule has 0 radical (unpaired) electrons. The molecule has 0 aliphatic carbocycles. The largest absolute Gasteiger partial charge is 0.484 e. The highest BCUT2D eigenvalue weighted by atomic mass is 127. The number of hydrogen-bond donors (Lipinski definition) is 2. The summed E-state index contributed by atoms with van der Waals surface area (Å²) >= 11 is 2.03. The molecule has 28 heavy (non-hydrogen) atoms. The lowest BCUT2D eigenvalue weighted by molar-refractivity contribution is -0.129. The smallest absolute Gasteiger partial charge is 0.262 e. The van der Waals surface area contributed by atoms with Crippen LogP contribution < -0.4 is 15.5 Å². The zero-order chi connectivity index (χ0) is 19.9. The summed E-state index contributed by atoms with van der Waals surface area (Å²) in [5.74, 6) is 0.255. The highest BCUT2D eigenvalue weighted by Gasteiger charge is 2.15. The Morgan fingerprint density at radius 1 is 1.18 bits per heavy atom. The number of fused-ring (bicyclic) bond motifs is 1. The zero-order valence-electron chi connectivity index (χ0n) is 15.0. The average Bonchev–Trinajstić information content (AvgIpc) is 3.11. The van der Waals surface area contributed by atoms with Gasteiger partial charge in [-0.3, -0.25) is 9.59 Å². The molecule has 3 rings (SSSR count). The highest BCUT2D eigenvalue weighted by Crippen LogP contribution is 2.20. The molecular formula is C20H18IN3O4. The van der Waals surface area contributed by atoms with Crippen LogP contribution in [-0.4, -0.2) is 30.7 Å². The van der Waals surface area contributed by atoms with Gasteiger partial charge in [0.1, 0.15) is 17.6 Å². The number of carbonyl (C=O) groups excluding carboxylic acids is 2. The summed E-state index contributed by atoms with van der Waals surface area (Å²) in [4.78, 5) is 24.0. The van der Waals surface area contributed by atoms with Crippen LogP contribution in [0.25, 0.3) is 10.8 Å². The van der Waals surface area contributed by atoms with E-state index in [1.807, 2.05) is 59.0 Å². The fourth-order valence-corrected chi connectivity index (χ4v) is 2.84. The fraction of sp³-hybridized carbons (Fsp3) is 0.150. The number of amides is 2. The van der Waals surface area contributed by atoms with E-state index in [0.29, 0.717) is 11.5 Å². The molecule has 144 valence electrons. The number of ether oxygens (including phenoxy) is 1. The van der Waals surface area contributed by atoms with Gasteiger partial charge in [0, 0.05) is 0 Å². The summed E-state index contributed by atoms with van der Waals surface area (Å²) in [7, 11) is 0. The van der Waals surface area contributed by atoms with E-state index in [1.165, 1.54) is 6.21 Å². The molecule has 8 heteroatoms. The normalized spacial score (nSPS) is 12.1. The Kier molecular flexibility index (Phi) is 6.64. The zero-order valence-corrected chi connectivity index (χ0v) is 17.2. The molecule has 2 amide bonds. The molecule has 7 nitrogen and oxygen atoms in total. The van der Waals surface area contributed by atoms with Crippen molar-refractivity contribution in [2.75, 3.05) is 6.61 Å². The second kappa shape index (κ2) is 9.36. The van der Waals surface area contributed by atoms with E-state index < -0.39 is 17.9 Å². The maximum Gasteiger partial charge on any atom is 0.262 e. The predicted molar refractivity (Wildman–Crippen MR) is 114 cm³/mol. The molecule has 1 atom stereocenters. The molecule has 0 fully saturated rings. The lowest BCUT2D eigenvalue weighted by Gasteiger charge is -2.13. The van der Waals surface area contributed by atoms with Crippen molar-refractivity contribution >= 4 is 51.4 Å². The van der Waals surface area contributed by atoms with Gasteiger partial charge in [0.15, 0.2) is 10.4 Å². The van der Waals surface area contributed by atoms with Gasteiger partial charge in [-0.1, -0.05) is 30.3 Å². The third kappa shape index (κ3) is 5.56. The number of benzene rings is 2. The number of furan rings is 1. The van der Waals surface area contributed by atoms with Gasteiger partial charge in [-0.05, 0) is 64.6 Å². The topological polar surface area (TPSA) is 92.9 Å². The Labute approximate surface area is 175 Å². The number of hydrazone groups is 1. The fourth-order valence-electron chi connectivity index (χ4n) is 2.41. The molecule has 0 spiro atoms. The third-order valence-corrected chi connectivity index (χ3v) is 4.40. The van der Waals surface area contributed by atoms with Crippen LogP contribution in [0, 0.1) is 3.77 Å². The molecule has 2 N–H and O–H groups in total. The monoisotopic (exact) mass is 491 g/mol. The number of carbonyl (C=O) groups is 2. The number of hydrogen-bond acceptors (Lipinski definition) is 5. The van der Waals surface area contributed by atoms with Crippen molar-refractivity contribution in [1.82, 2.24) is 10.7 Å². The minimum absolute atomic E-state index is 0.190. The first-order chi connectivity index (χ1) is 13.5. The van der Waals surface area contributed by atoms with Gasteiger partial charge in [-0.2, -0.15) is 5.10 Å². The highest BCUT2D eigenvalue weighted by molar-refractivity contribution is 14.1. The van der Waals surface area contributed by atoms with Gasteiger partial charge >= 0.3 is 0 Å². The van der Waals surface area contributed by atoms with Gasteiger partial charge in [0.2, 0.25) is 0 Å². The van der Waals surface area contributed by atoms with Crippen molar-refractivity contribution in [2.45, 2.75) is 13.0 Å². The summed E-state index contributed by atoms with van der Waals surface area (Å²) in [6.45, 7) is 1.37. The Morgan fingerprint density at radius 3 is 2.71 bits per heavy atom. The molecule has 0 aliphatic heterocycles. The lowest BCUT2D eigenvalue weighted by Crippen LogP contribution is -2.45. The molecule has 2 aromatic carbocycles. The van der Waals surface area contributed by atoms with Crippen molar-refractivity contribution in [3.63, 3.8) is 0 Å². The summed E-state index contributed by atoms with van der Waals surface area (Å²) < 4.78 is 11.5. The van der Waals surface area contributed by atoms with Crippen LogP contribution in [0.15, 0.2) is 64.1 Å². The molecule has 0 saturated carbocycles. The minimum Gasteiger partial charge on any atom is -0.484 e. The first-order valence-electron chi connectivity index (χ1n) is 8.50. The van der Waals surface area contributed by atoms with E-state index in [0.717, 1.165) is 14.5 Å². The van der Waals surface area contributed by atoms with Gasteiger partial charge in [-0.15, -0.1) is 0 Å². The van der Waals surface area contributed by atoms with Gasteiger partial charge in [0.25, 0.3) is 11.8 Å². The number of nitrogens with zero attached hydrogens (tertiary/aromatic N) is 1. The Hall–Kier alpha value is -2.88. The number of halogens is 1. The molecular weight excluding hydrogens is 473 g/mol. The average molecular weight is 491 g/mol. The van der Waals surface area contributed by atoms with Crippen LogP contribution in [0.4, 0.5) is 0 Å². The maximum atomic E-state index is 12.0. The number of rotatable bonds is 7. The van der Waals surface area contributed by atoms with E-state index in [2.05, 4.69) is 15.8 Å². The van der Waals surface area contributed by atoms with Crippen LogP contribution in [-0.2, 0) is 9.59 Å². The molecule has 1 aromatic heterocycles. The molecule has 0 aliphatic rings. The van der Waals surface area contributed by atoms with E-state index in [-0.39, 0.29) is 6.61 Å². The van der Waals surface area contributed by atoms with E-state index in [9.17, 15) is 9.59 Å². The predicted octanol–water partition coefficient (Wildman–Crippen LogP) is 3.07. The van der Waals surface area contributed by atoms with Crippen molar-refractivity contribution in [3.05, 3.63) is 64.1 Å². The molecule has 1 unspecified atom stereocenters. The van der Waals surface area contributed by atoms with Gasteiger partial charge < -0.3 is 14.5 Å². The van der Waals surface area contributed by atoms with Crippen molar-refractivity contribution in [3.8, 4) is 5.75 Å². The van der Waals surface area contributed by atoms with Crippen LogP contribution in [0.5, 0.6) is 5.75 Å². The minimum atomic E-state index is -0.762.